The second kappa shape index (κ2) is 7.87. The maximum absolute atomic E-state index is 10.2. The fourth-order valence-corrected chi connectivity index (χ4v) is 6.20. The Hall–Kier alpha value is -1.10. The Morgan fingerprint density at radius 3 is 2.42 bits per heavy atom. The van der Waals surface area contributed by atoms with Crippen LogP contribution in [0.3, 0.4) is 0 Å². The Morgan fingerprint density at radius 1 is 1.12 bits per heavy atom. The number of para-hydroxylation sites is 1. The fourth-order valence-electron chi connectivity index (χ4n) is 6.20. The highest BCUT2D eigenvalue weighted by molar-refractivity contribution is 5.32. The van der Waals surface area contributed by atoms with Crippen molar-refractivity contribution in [1.82, 2.24) is 5.32 Å². The van der Waals surface area contributed by atoms with E-state index in [4.69, 9.17) is 9.47 Å². The predicted octanol–water partition coefficient (Wildman–Crippen LogP) is 3.38. The molecule has 4 aliphatic rings. The van der Waals surface area contributed by atoms with Gasteiger partial charge < -0.3 is 19.9 Å². The Labute approximate surface area is 157 Å². The van der Waals surface area contributed by atoms with Crippen molar-refractivity contribution < 1.29 is 14.6 Å². The van der Waals surface area contributed by atoms with Crippen LogP contribution < -0.4 is 10.1 Å². The van der Waals surface area contributed by atoms with Crippen LogP contribution in [0, 0.1) is 23.2 Å². The predicted molar refractivity (Wildman–Crippen MR) is 102 cm³/mol. The average molecular weight is 360 g/mol. The summed E-state index contributed by atoms with van der Waals surface area (Å²) in [7, 11) is 1.67. The van der Waals surface area contributed by atoms with Gasteiger partial charge in [0.15, 0.2) is 0 Å². The largest absolute Gasteiger partial charge is 0.496 e. The van der Waals surface area contributed by atoms with Crippen molar-refractivity contribution in [1.29, 1.82) is 0 Å². The zero-order chi connectivity index (χ0) is 18.0. The lowest BCUT2D eigenvalue weighted by atomic mass is 9.49. The van der Waals surface area contributed by atoms with E-state index in [-0.39, 0.29) is 0 Å². The van der Waals surface area contributed by atoms with Crippen LogP contribution in [-0.4, -0.2) is 38.0 Å². The van der Waals surface area contributed by atoms with Crippen molar-refractivity contribution in [2.45, 2.75) is 51.2 Å². The molecule has 4 heteroatoms. The Morgan fingerprint density at radius 2 is 1.77 bits per heavy atom. The van der Waals surface area contributed by atoms with Gasteiger partial charge in [-0.3, -0.25) is 0 Å². The van der Waals surface area contributed by atoms with Crippen LogP contribution in [0.5, 0.6) is 5.75 Å². The Balaban J connectivity index is 1.17. The minimum absolute atomic E-state index is 0.353. The first-order valence-corrected chi connectivity index (χ1v) is 10.2. The van der Waals surface area contributed by atoms with Gasteiger partial charge in [0, 0.05) is 18.7 Å². The van der Waals surface area contributed by atoms with Crippen molar-refractivity contribution in [3.05, 3.63) is 29.8 Å². The molecular weight excluding hydrogens is 326 g/mol. The summed E-state index contributed by atoms with van der Waals surface area (Å²) in [6.07, 6.45) is 8.22. The van der Waals surface area contributed by atoms with Gasteiger partial charge in [-0.15, -0.1) is 0 Å². The minimum atomic E-state index is -0.460. The number of ether oxygens (including phenoxy) is 2. The zero-order valence-electron chi connectivity index (χ0n) is 16.0. The molecule has 4 aliphatic carbocycles. The normalized spacial score (nSPS) is 33.4. The second-order valence-corrected chi connectivity index (χ2v) is 9.03. The van der Waals surface area contributed by atoms with E-state index >= 15 is 0 Å². The van der Waals surface area contributed by atoms with E-state index < -0.39 is 6.10 Å². The van der Waals surface area contributed by atoms with Crippen molar-refractivity contribution in [2.24, 2.45) is 23.2 Å². The van der Waals surface area contributed by atoms with Crippen LogP contribution in [0.25, 0.3) is 0 Å². The number of aliphatic hydroxyl groups excluding tert-OH is 1. The number of nitrogens with one attached hydrogen (secondary N) is 1. The van der Waals surface area contributed by atoms with Gasteiger partial charge in [0.1, 0.15) is 5.75 Å². The Kier molecular flexibility index (Phi) is 5.53. The van der Waals surface area contributed by atoms with Crippen molar-refractivity contribution in [3.8, 4) is 5.75 Å². The number of hydrogen-bond donors (Lipinski definition) is 2. The van der Waals surface area contributed by atoms with Gasteiger partial charge in [0.05, 0.1) is 26.4 Å². The van der Waals surface area contributed by atoms with Crippen LogP contribution in [0.4, 0.5) is 0 Å². The van der Waals surface area contributed by atoms with Gasteiger partial charge >= 0.3 is 0 Å². The molecule has 144 valence electrons. The standard InChI is InChI=1S/C22H33NO3/c1-25-21-5-3-2-4-19(21)13-26-14-20(24)12-23-15-22-9-16-6-17(10-22)8-18(7-16)11-22/h2-5,16-18,20,23-24H,6-15H2,1H3. The number of methoxy groups -OCH3 is 1. The van der Waals surface area contributed by atoms with Gasteiger partial charge in [-0.05, 0) is 67.8 Å². The summed E-state index contributed by atoms with van der Waals surface area (Å²) in [6, 6.07) is 7.86. The van der Waals surface area contributed by atoms with Crippen LogP contribution >= 0.6 is 0 Å². The summed E-state index contributed by atoms with van der Waals surface area (Å²) in [6.45, 7) is 2.51. The molecule has 0 aliphatic heterocycles. The lowest BCUT2D eigenvalue weighted by Crippen LogP contribution is -2.51. The summed E-state index contributed by atoms with van der Waals surface area (Å²) in [4.78, 5) is 0. The summed E-state index contributed by atoms with van der Waals surface area (Å²) < 4.78 is 11.0. The average Bonchev–Trinajstić information content (AvgIpc) is 2.61. The van der Waals surface area contributed by atoms with Crippen molar-refractivity contribution in [2.75, 3.05) is 26.8 Å². The Bertz CT molecular complexity index is 568. The van der Waals surface area contributed by atoms with Gasteiger partial charge in [0.25, 0.3) is 0 Å². The molecule has 1 aromatic carbocycles. The first-order valence-electron chi connectivity index (χ1n) is 10.2. The highest BCUT2D eigenvalue weighted by Crippen LogP contribution is 2.59. The third-order valence-corrected chi connectivity index (χ3v) is 6.81. The molecule has 0 aromatic heterocycles. The molecule has 1 aromatic rings. The molecular formula is C22H33NO3. The SMILES string of the molecule is COc1ccccc1COCC(O)CNCC12CC3CC(CC(C3)C1)C2. The second-order valence-electron chi connectivity index (χ2n) is 9.03. The van der Waals surface area contributed by atoms with E-state index in [1.165, 1.54) is 38.5 Å². The molecule has 2 N–H and O–H groups in total. The molecule has 1 unspecified atom stereocenters. The van der Waals surface area contributed by atoms with Gasteiger partial charge in [-0.25, -0.2) is 0 Å². The maximum atomic E-state index is 10.2. The lowest BCUT2D eigenvalue weighted by molar-refractivity contribution is -0.0532. The molecule has 4 nitrogen and oxygen atoms in total. The smallest absolute Gasteiger partial charge is 0.124 e. The number of benzene rings is 1. The minimum Gasteiger partial charge on any atom is -0.496 e. The molecule has 0 saturated heterocycles. The summed E-state index contributed by atoms with van der Waals surface area (Å²) in [5.41, 5.74) is 1.54. The van der Waals surface area contributed by atoms with E-state index in [1.807, 2.05) is 24.3 Å². The monoisotopic (exact) mass is 359 g/mol. The first kappa shape index (κ1) is 18.3. The van der Waals surface area contributed by atoms with Crippen LogP contribution in [-0.2, 0) is 11.3 Å². The lowest BCUT2D eigenvalue weighted by Gasteiger charge is -2.57. The molecule has 4 bridgehead atoms. The number of rotatable bonds is 9. The first-order chi connectivity index (χ1) is 12.7. The van der Waals surface area contributed by atoms with Gasteiger partial charge in [-0.1, -0.05) is 18.2 Å². The van der Waals surface area contributed by atoms with E-state index in [2.05, 4.69) is 5.32 Å². The van der Waals surface area contributed by atoms with Crippen molar-refractivity contribution >= 4 is 0 Å². The van der Waals surface area contributed by atoms with Crippen LogP contribution in [0.1, 0.15) is 44.1 Å². The molecule has 0 spiro atoms. The quantitative estimate of drug-likeness (QED) is 0.710. The van der Waals surface area contributed by atoms with E-state index in [9.17, 15) is 5.11 Å². The molecule has 0 heterocycles. The maximum Gasteiger partial charge on any atom is 0.124 e. The van der Waals surface area contributed by atoms with Gasteiger partial charge in [-0.2, -0.15) is 0 Å². The number of aliphatic hydroxyl groups is 1. The van der Waals surface area contributed by atoms with E-state index in [0.29, 0.717) is 25.2 Å². The molecule has 4 fully saturated rings. The molecule has 26 heavy (non-hydrogen) atoms. The van der Waals surface area contributed by atoms with Crippen molar-refractivity contribution in [3.63, 3.8) is 0 Å². The summed E-state index contributed by atoms with van der Waals surface area (Å²) in [5.74, 6) is 3.79. The highest BCUT2D eigenvalue weighted by atomic mass is 16.5. The topological polar surface area (TPSA) is 50.7 Å². The molecule has 4 saturated carbocycles. The van der Waals surface area contributed by atoms with E-state index in [0.717, 1.165) is 35.6 Å². The number of hydrogen-bond acceptors (Lipinski definition) is 4. The zero-order valence-corrected chi connectivity index (χ0v) is 16.0. The van der Waals surface area contributed by atoms with Gasteiger partial charge in [0.2, 0.25) is 0 Å². The van der Waals surface area contributed by atoms with E-state index in [1.54, 1.807) is 7.11 Å². The molecule has 0 radical (unpaired) electrons. The molecule has 1 atom stereocenters. The van der Waals surface area contributed by atoms with Crippen LogP contribution in [0.15, 0.2) is 24.3 Å². The third kappa shape index (κ3) is 4.08. The highest BCUT2D eigenvalue weighted by Gasteiger charge is 2.50. The summed E-state index contributed by atoms with van der Waals surface area (Å²) in [5, 5.41) is 13.8. The molecule has 5 rings (SSSR count). The summed E-state index contributed by atoms with van der Waals surface area (Å²) >= 11 is 0. The fraction of sp³-hybridized carbons (Fsp3) is 0.727. The molecule has 0 amide bonds. The third-order valence-electron chi connectivity index (χ3n) is 6.81. The van der Waals surface area contributed by atoms with Crippen LogP contribution in [0.2, 0.25) is 0 Å².